The van der Waals surface area contributed by atoms with E-state index in [0.29, 0.717) is 13.1 Å². The van der Waals surface area contributed by atoms with Crippen LogP contribution in [-0.4, -0.2) is 28.8 Å². The van der Waals surface area contributed by atoms with Crippen LogP contribution in [0.4, 0.5) is 10.1 Å². The molecule has 124 valence electrons. The number of aryl methyl sites for hydroxylation is 1. The van der Waals surface area contributed by atoms with Crippen LogP contribution in [0, 0.1) is 11.7 Å². The second-order valence-corrected chi connectivity index (χ2v) is 6.35. The Labute approximate surface area is 148 Å². The van der Waals surface area contributed by atoms with Crippen molar-refractivity contribution in [3.05, 3.63) is 46.4 Å². The predicted octanol–water partition coefficient (Wildman–Crippen LogP) is 2.69. The van der Waals surface area contributed by atoms with E-state index < -0.39 is 5.82 Å². The zero-order valence-corrected chi connectivity index (χ0v) is 14.8. The first kappa shape index (κ1) is 17.9. The number of hydrogen-bond acceptors (Lipinski definition) is 3. The van der Waals surface area contributed by atoms with Crippen molar-refractivity contribution in [2.24, 2.45) is 13.0 Å². The number of hydrogen-bond donors (Lipinski definition) is 2. The standard InChI is InChI=1S/C15H16BrFN4O.ClH/c1-21-8-9(5-19-21)11-6-18-7-12(11)15(22)20-14-4-10(16)2-3-13(14)17;/h2-5,8,11-12,18H,6-7H2,1H3,(H,20,22);1H/t11-,12+;/m1./s1. The lowest BCUT2D eigenvalue weighted by Crippen LogP contribution is -2.28. The number of nitrogens with one attached hydrogen (secondary N) is 2. The molecule has 0 aliphatic carbocycles. The third kappa shape index (κ3) is 3.91. The molecule has 0 saturated carbocycles. The minimum absolute atomic E-state index is 0. The molecule has 0 radical (unpaired) electrons. The van der Waals surface area contributed by atoms with E-state index in [4.69, 9.17) is 0 Å². The van der Waals surface area contributed by atoms with Gasteiger partial charge in [0.05, 0.1) is 17.8 Å². The van der Waals surface area contributed by atoms with E-state index in [-0.39, 0.29) is 35.8 Å². The SMILES string of the molecule is Cl.Cn1cc([C@H]2CNC[C@@H]2C(=O)Nc2cc(Br)ccc2F)cn1. The largest absolute Gasteiger partial charge is 0.323 e. The van der Waals surface area contributed by atoms with Gasteiger partial charge in [0.15, 0.2) is 0 Å². The van der Waals surface area contributed by atoms with Gasteiger partial charge >= 0.3 is 0 Å². The van der Waals surface area contributed by atoms with Crippen molar-refractivity contribution >= 4 is 39.9 Å². The van der Waals surface area contributed by atoms with Crippen molar-refractivity contribution in [1.29, 1.82) is 0 Å². The number of benzene rings is 1. The number of amides is 1. The highest BCUT2D eigenvalue weighted by Gasteiger charge is 2.35. The summed E-state index contributed by atoms with van der Waals surface area (Å²) < 4.78 is 16.2. The van der Waals surface area contributed by atoms with Crippen LogP contribution in [0.1, 0.15) is 11.5 Å². The summed E-state index contributed by atoms with van der Waals surface area (Å²) in [6.45, 7) is 1.28. The quantitative estimate of drug-likeness (QED) is 0.828. The Morgan fingerprint density at radius 3 is 2.96 bits per heavy atom. The van der Waals surface area contributed by atoms with Gasteiger partial charge in [-0.15, -0.1) is 12.4 Å². The lowest BCUT2D eigenvalue weighted by molar-refractivity contribution is -0.119. The van der Waals surface area contributed by atoms with Crippen LogP contribution in [0.15, 0.2) is 35.1 Å². The van der Waals surface area contributed by atoms with Crippen molar-refractivity contribution in [2.75, 3.05) is 18.4 Å². The second kappa shape index (κ2) is 7.42. The Bertz CT molecular complexity index is 709. The van der Waals surface area contributed by atoms with Gasteiger partial charge in [0.2, 0.25) is 5.91 Å². The van der Waals surface area contributed by atoms with Gasteiger partial charge in [0, 0.05) is 36.7 Å². The maximum atomic E-state index is 13.8. The molecule has 23 heavy (non-hydrogen) atoms. The van der Waals surface area contributed by atoms with Crippen LogP contribution >= 0.6 is 28.3 Å². The Morgan fingerprint density at radius 1 is 1.48 bits per heavy atom. The van der Waals surface area contributed by atoms with E-state index in [0.717, 1.165) is 10.0 Å². The normalized spacial score (nSPS) is 20.1. The van der Waals surface area contributed by atoms with E-state index in [1.165, 1.54) is 6.07 Å². The molecule has 0 spiro atoms. The lowest BCUT2D eigenvalue weighted by Gasteiger charge is -2.17. The number of aromatic nitrogens is 2. The first-order valence-electron chi connectivity index (χ1n) is 7.00. The summed E-state index contributed by atoms with van der Waals surface area (Å²) in [5, 5.41) is 10.1. The highest BCUT2D eigenvalue weighted by atomic mass is 79.9. The fourth-order valence-electron chi connectivity index (χ4n) is 2.75. The highest BCUT2D eigenvalue weighted by Crippen LogP contribution is 2.29. The van der Waals surface area contributed by atoms with Crippen molar-refractivity contribution < 1.29 is 9.18 Å². The smallest absolute Gasteiger partial charge is 0.229 e. The molecule has 5 nitrogen and oxygen atoms in total. The first-order valence-corrected chi connectivity index (χ1v) is 7.79. The molecular weight excluding hydrogens is 387 g/mol. The molecule has 1 fully saturated rings. The van der Waals surface area contributed by atoms with Gasteiger partial charge in [-0.05, 0) is 23.8 Å². The average molecular weight is 404 g/mol. The van der Waals surface area contributed by atoms with Gasteiger partial charge in [-0.3, -0.25) is 9.48 Å². The second-order valence-electron chi connectivity index (χ2n) is 5.43. The van der Waals surface area contributed by atoms with Gasteiger partial charge in [-0.1, -0.05) is 15.9 Å². The van der Waals surface area contributed by atoms with Crippen molar-refractivity contribution in [3.8, 4) is 0 Å². The molecule has 0 bridgehead atoms. The van der Waals surface area contributed by atoms with Crippen molar-refractivity contribution in [3.63, 3.8) is 0 Å². The maximum Gasteiger partial charge on any atom is 0.229 e. The molecule has 1 aromatic carbocycles. The summed E-state index contributed by atoms with van der Waals surface area (Å²) in [5.74, 6) is -0.831. The third-order valence-electron chi connectivity index (χ3n) is 3.89. The molecule has 2 N–H and O–H groups in total. The molecule has 2 heterocycles. The molecule has 2 atom stereocenters. The summed E-state index contributed by atoms with van der Waals surface area (Å²) in [6.07, 6.45) is 3.69. The maximum absolute atomic E-state index is 13.8. The van der Waals surface area contributed by atoms with E-state index >= 15 is 0 Å². The Balaban J connectivity index is 0.00000192. The number of nitrogens with zero attached hydrogens (tertiary/aromatic N) is 2. The minimum atomic E-state index is -0.444. The summed E-state index contributed by atoms with van der Waals surface area (Å²) in [5.41, 5.74) is 1.21. The van der Waals surface area contributed by atoms with E-state index in [1.54, 1.807) is 23.0 Å². The molecule has 3 rings (SSSR count). The Hall–Kier alpha value is -1.44. The molecule has 1 aliphatic rings. The molecule has 1 aliphatic heterocycles. The van der Waals surface area contributed by atoms with Crippen LogP contribution in [0.5, 0.6) is 0 Å². The third-order valence-corrected chi connectivity index (χ3v) is 4.38. The van der Waals surface area contributed by atoms with Crippen LogP contribution in [-0.2, 0) is 11.8 Å². The van der Waals surface area contributed by atoms with Crippen LogP contribution in [0.25, 0.3) is 0 Å². The Kier molecular flexibility index (Phi) is 5.78. The summed E-state index contributed by atoms with van der Waals surface area (Å²) >= 11 is 3.28. The van der Waals surface area contributed by atoms with Crippen molar-refractivity contribution in [2.45, 2.75) is 5.92 Å². The van der Waals surface area contributed by atoms with E-state index in [1.807, 2.05) is 13.2 Å². The van der Waals surface area contributed by atoms with Crippen LogP contribution in [0.2, 0.25) is 0 Å². The first-order chi connectivity index (χ1) is 10.5. The molecule has 8 heteroatoms. The number of halogens is 3. The van der Waals surface area contributed by atoms with Gasteiger partial charge in [-0.2, -0.15) is 5.10 Å². The van der Waals surface area contributed by atoms with Gasteiger partial charge in [-0.25, -0.2) is 4.39 Å². The number of carbonyl (C=O) groups excluding carboxylic acids is 1. The zero-order chi connectivity index (χ0) is 15.7. The Morgan fingerprint density at radius 2 is 2.26 bits per heavy atom. The molecule has 1 amide bonds. The fraction of sp³-hybridized carbons (Fsp3) is 0.333. The van der Waals surface area contributed by atoms with E-state index in [9.17, 15) is 9.18 Å². The number of anilines is 1. The van der Waals surface area contributed by atoms with Gasteiger partial charge < -0.3 is 10.6 Å². The highest BCUT2D eigenvalue weighted by molar-refractivity contribution is 9.10. The molecule has 2 aromatic rings. The molecule has 1 saturated heterocycles. The van der Waals surface area contributed by atoms with Crippen molar-refractivity contribution in [1.82, 2.24) is 15.1 Å². The van der Waals surface area contributed by atoms with Crippen LogP contribution < -0.4 is 10.6 Å². The summed E-state index contributed by atoms with van der Waals surface area (Å²) in [7, 11) is 1.85. The average Bonchev–Trinajstić information content (AvgIpc) is 3.11. The lowest BCUT2D eigenvalue weighted by atomic mass is 9.90. The summed E-state index contributed by atoms with van der Waals surface area (Å²) in [4.78, 5) is 12.5. The van der Waals surface area contributed by atoms with E-state index in [2.05, 4.69) is 31.7 Å². The molecular formula is C15H17BrClFN4O. The molecule has 0 unspecified atom stereocenters. The van der Waals surface area contributed by atoms with Crippen LogP contribution in [0.3, 0.4) is 0 Å². The minimum Gasteiger partial charge on any atom is -0.323 e. The zero-order valence-electron chi connectivity index (χ0n) is 12.4. The van der Waals surface area contributed by atoms with Gasteiger partial charge in [0.25, 0.3) is 0 Å². The predicted molar refractivity (Wildman–Crippen MR) is 92.3 cm³/mol. The number of carbonyl (C=O) groups is 1. The topological polar surface area (TPSA) is 59.0 Å². The molecule has 1 aromatic heterocycles. The van der Waals surface area contributed by atoms with Gasteiger partial charge in [0.1, 0.15) is 5.82 Å². The number of rotatable bonds is 3. The fourth-order valence-corrected chi connectivity index (χ4v) is 3.12. The monoisotopic (exact) mass is 402 g/mol. The summed E-state index contributed by atoms with van der Waals surface area (Å²) in [6, 6.07) is 4.49.